The zero-order valence-electron chi connectivity index (χ0n) is 17.9. The molecule has 1 atom stereocenters. The topological polar surface area (TPSA) is 48.7 Å². The normalized spacial score (nSPS) is 16.5. The Labute approximate surface area is 199 Å². The number of halogens is 2. The third-order valence-corrected chi connectivity index (χ3v) is 6.34. The van der Waals surface area contributed by atoms with Gasteiger partial charge in [0.2, 0.25) is 0 Å². The summed E-state index contributed by atoms with van der Waals surface area (Å²) in [7, 11) is 3.86. The molecule has 6 nitrogen and oxygen atoms in total. The summed E-state index contributed by atoms with van der Waals surface area (Å²) in [4.78, 5) is 9.41. The van der Waals surface area contributed by atoms with E-state index >= 15 is 0 Å². The minimum Gasteiger partial charge on any atom is -0.352 e. The van der Waals surface area contributed by atoms with E-state index in [1.165, 1.54) is 16.8 Å². The van der Waals surface area contributed by atoms with Gasteiger partial charge in [0, 0.05) is 68.6 Å². The summed E-state index contributed by atoms with van der Waals surface area (Å²) in [5, 5.41) is 8.04. The van der Waals surface area contributed by atoms with E-state index in [0.29, 0.717) is 6.04 Å². The number of nitrogens with one attached hydrogen (secondary N) is 1. The van der Waals surface area contributed by atoms with E-state index in [1.807, 2.05) is 18.8 Å². The molecule has 8 heteroatoms. The maximum absolute atomic E-state index is 4.51. The Kier molecular flexibility index (Phi) is 8.96. The highest BCUT2D eigenvalue weighted by Crippen LogP contribution is 2.23. The first kappa shape index (κ1) is 24.1. The summed E-state index contributed by atoms with van der Waals surface area (Å²) in [5.41, 5.74) is 4.90. The fourth-order valence-electron chi connectivity index (χ4n) is 3.85. The van der Waals surface area contributed by atoms with Crippen LogP contribution in [0.15, 0.2) is 33.7 Å². The molecule has 0 amide bonds. The molecule has 160 valence electrons. The monoisotopic (exact) mass is 574 g/mol. The van der Waals surface area contributed by atoms with Gasteiger partial charge in [0.05, 0.1) is 5.69 Å². The smallest absolute Gasteiger partial charge is 0.194 e. The lowest BCUT2D eigenvalue weighted by molar-refractivity contribution is 0.138. The van der Waals surface area contributed by atoms with Crippen LogP contribution in [0.5, 0.6) is 0 Å². The summed E-state index contributed by atoms with van der Waals surface area (Å²) in [6.07, 6.45) is 0. The largest absolute Gasteiger partial charge is 0.352 e. The van der Waals surface area contributed by atoms with Gasteiger partial charge in [-0.05, 0) is 38.5 Å². The third-order valence-electron chi connectivity index (χ3n) is 5.81. The lowest BCUT2D eigenvalue weighted by Gasteiger charge is -2.39. The van der Waals surface area contributed by atoms with Crippen molar-refractivity contribution in [2.24, 2.45) is 12.0 Å². The fourth-order valence-corrected chi connectivity index (χ4v) is 4.11. The zero-order valence-corrected chi connectivity index (χ0v) is 21.9. The van der Waals surface area contributed by atoms with Gasteiger partial charge in [-0.15, -0.1) is 24.0 Å². The van der Waals surface area contributed by atoms with E-state index in [2.05, 4.69) is 86.2 Å². The van der Waals surface area contributed by atoms with Gasteiger partial charge in [0.1, 0.15) is 0 Å². The molecule has 2 aromatic rings. The molecule has 1 aliphatic rings. The summed E-state index contributed by atoms with van der Waals surface area (Å²) >= 11 is 3.52. The van der Waals surface area contributed by atoms with Crippen LogP contribution >= 0.6 is 39.9 Å². The molecule has 0 spiro atoms. The van der Waals surface area contributed by atoms with Crippen molar-refractivity contribution < 1.29 is 0 Å². The lowest BCUT2D eigenvalue weighted by Crippen LogP contribution is -2.52. The molecule has 1 unspecified atom stereocenters. The van der Waals surface area contributed by atoms with Crippen molar-refractivity contribution in [2.45, 2.75) is 33.4 Å². The second-order valence-electron chi connectivity index (χ2n) is 7.42. The molecule has 0 bridgehead atoms. The zero-order chi connectivity index (χ0) is 20.3. The summed E-state index contributed by atoms with van der Waals surface area (Å²) < 4.78 is 3.07. The number of piperazine rings is 1. The van der Waals surface area contributed by atoms with Crippen LogP contribution in [-0.4, -0.2) is 58.8 Å². The number of aryl methyl sites for hydroxylation is 2. The number of hydrogen-bond acceptors (Lipinski definition) is 3. The molecular formula is C21H32BrIN6. The number of nitrogens with zero attached hydrogens (tertiary/aromatic N) is 5. The van der Waals surface area contributed by atoms with Gasteiger partial charge in [0.25, 0.3) is 0 Å². The third kappa shape index (κ3) is 5.73. The van der Waals surface area contributed by atoms with Crippen LogP contribution in [0, 0.1) is 13.8 Å². The van der Waals surface area contributed by atoms with Crippen molar-refractivity contribution in [3.63, 3.8) is 0 Å². The Balaban J connectivity index is 0.00000300. The van der Waals surface area contributed by atoms with E-state index in [4.69, 9.17) is 0 Å². The van der Waals surface area contributed by atoms with Crippen LogP contribution in [-0.2, 0) is 13.6 Å². The Morgan fingerprint density at radius 3 is 2.31 bits per heavy atom. The minimum atomic E-state index is 0. The molecule has 1 fully saturated rings. The maximum atomic E-state index is 4.51. The Morgan fingerprint density at radius 1 is 1.17 bits per heavy atom. The highest BCUT2D eigenvalue weighted by Gasteiger charge is 2.24. The van der Waals surface area contributed by atoms with Gasteiger partial charge in [0.15, 0.2) is 5.96 Å². The van der Waals surface area contributed by atoms with Crippen molar-refractivity contribution >= 4 is 45.9 Å². The number of benzene rings is 1. The molecule has 1 N–H and O–H groups in total. The SMILES string of the molecule is CN=C(NCc1c(C)nn(C)c1C)N1CCN(C(C)c2ccc(Br)cc2)CC1.I. The number of aliphatic imine (C=N–C) groups is 1. The molecule has 1 aromatic heterocycles. The fraction of sp³-hybridized carbons (Fsp3) is 0.524. The summed E-state index contributed by atoms with van der Waals surface area (Å²) in [6.45, 7) is 11.2. The molecule has 0 saturated carbocycles. The number of guanidine groups is 1. The molecular weight excluding hydrogens is 543 g/mol. The highest BCUT2D eigenvalue weighted by molar-refractivity contribution is 14.0. The standard InChI is InChI=1S/C21H31BrN6.HI/c1-15-20(17(3)26(5)25-15)14-24-21(23-4)28-12-10-27(11-13-28)16(2)18-6-8-19(22)9-7-18;/h6-9,16H,10-14H2,1-5H3,(H,23,24);1H. The van der Waals surface area contributed by atoms with E-state index in [9.17, 15) is 0 Å². The molecule has 1 aliphatic heterocycles. The summed E-state index contributed by atoms with van der Waals surface area (Å²) in [6, 6.07) is 9.08. The predicted molar refractivity (Wildman–Crippen MR) is 134 cm³/mol. The number of rotatable bonds is 4. The van der Waals surface area contributed by atoms with Gasteiger partial charge in [-0.25, -0.2) is 0 Å². The first-order valence-corrected chi connectivity index (χ1v) is 10.6. The molecule has 1 saturated heterocycles. The van der Waals surface area contributed by atoms with Crippen molar-refractivity contribution in [2.75, 3.05) is 33.2 Å². The second-order valence-corrected chi connectivity index (χ2v) is 8.34. The van der Waals surface area contributed by atoms with Crippen molar-refractivity contribution in [3.8, 4) is 0 Å². The first-order valence-electron chi connectivity index (χ1n) is 9.85. The summed E-state index contributed by atoms with van der Waals surface area (Å²) in [5.74, 6) is 0.971. The average Bonchev–Trinajstić information content (AvgIpc) is 2.94. The predicted octanol–water partition coefficient (Wildman–Crippen LogP) is 3.87. The van der Waals surface area contributed by atoms with Crippen LogP contribution in [0.3, 0.4) is 0 Å². The lowest BCUT2D eigenvalue weighted by atomic mass is 10.1. The van der Waals surface area contributed by atoms with Crippen LogP contribution in [0.2, 0.25) is 0 Å². The molecule has 0 radical (unpaired) electrons. The number of hydrogen-bond donors (Lipinski definition) is 1. The van der Waals surface area contributed by atoms with Crippen LogP contribution in [0.25, 0.3) is 0 Å². The van der Waals surface area contributed by atoms with E-state index in [0.717, 1.165) is 48.8 Å². The van der Waals surface area contributed by atoms with Crippen LogP contribution < -0.4 is 5.32 Å². The van der Waals surface area contributed by atoms with Gasteiger partial charge >= 0.3 is 0 Å². The molecule has 1 aromatic carbocycles. The van der Waals surface area contributed by atoms with E-state index < -0.39 is 0 Å². The molecule has 3 rings (SSSR count). The van der Waals surface area contributed by atoms with Gasteiger partial charge in [-0.2, -0.15) is 5.10 Å². The number of aromatic nitrogens is 2. The van der Waals surface area contributed by atoms with E-state index in [1.54, 1.807) is 0 Å². The molecule has 2 heterocycles. The quantitative estimate of drug-likeness (QED) is 0.342. The Morgan fingerprint density at radius 2 is 1.79 bits per heavy atom. The Bertz CT molecular complexity index is 824. The van der Waals surface area contributed by atoms with Crippen molar-refractivity contribution in [1.82, 2.24) is 24.9 Å². The van der Waals surface area contributed by atoms with Gasteiger partial charge in [-0.3, -0.25) is 14.6 Å². The average molecular weight is 575 g/mol. The highest BCUT2D eigenvalue weighted by atomic mass is 127. The van der Waals surface area contributed by atoms with Gasteiger partial charge < -0.3 is 10.2 Å². The second kappa shape index (κ2) is 10.8. The van der Waals surface area contributed by atoms with Crippen molar-refractivity contribution in [1.29, 1.82) is 0 Å². The Hall–Kier alpha value is -1.13. The van der Waals surface area contributed by atoms with E-state index in [-0.39, 0.29) is 24.0 Å². The van der Waals surface area contributed by atoms with Gasteiger partial charge in [-0.1, -0.05) is 28.1 Å². The first-order chi connectivity index (χ1) is 13.4. The maximum Gasteiger partial charge on any atom is 0.194 e. The van der Waals surface area contributed by atoms with Crippen LogP contribution in [0.1, 0.15) is 35.5 Å². The molecule has 0 aliphatic carbocycles. The molecule has 29 heavy (non-hydrogen) atoms. The van der Waals surface area contributed by atoms with Crippen LogP contribution in [0.4, 0.5) is 0 Å². The van der Waals surface area contributed by atoms with Crippen molar-refractivity contribution in [3.05, 3.63) is 51.3 Å². The minimum absolute atomic E-state index is 0.